The van der Waals surface area contributed by atoms with Crippen molar-refractivity contribution in [2.75, 3.05) is 10.0 Å². The second-order valence-corrected chi connectivity index (χ2v) is 8.12. The fourth-order valence-corrected chi connectivity index (χ4v) is 4.18. The lowest BCUT2D eigenvalue weighted by molar-refractivity contribution is -0.115. The normalized spacial score (nSPS) is 11.1. The number of carbonyl (C=O) groups excluding carboxylic acids is 1. The highest BCUT2D eigenvalue weighted by atomic mass is 35.5. The van der Waals surface area contributed by atoms with Gasteiger partial charge in [0.1, 0.15) is 5.82 Å². The molecule has 0 bridgehead atoms. The minimum Gasteiger partial charge on any atom is -0.310 e. The predicted molar refractivity (Wildman–Crippen MR) is 101 cm³/mol. The van der Waals surface area contributed by atoms with Gasteiger partial charge in [-0.25, -0.2) is 18.4 Å². The maximum Gasteiger partial charge on any atom is 0.263 e. The highest BCUT2D eigenvalue weighted by Gasteiger charge is 2.16. The van der Waals surface area contributed by atoms with Crippen molar-refractivity contribution in [2.24, 2.45) is 0 Å². The average molecular weight is 409 g/mol. The summed E-state index contributed by atoms with van der Waals surface area (Å²) < 4.78 is 26.9. The van der Waals surface area contributed by atoms with Gasteiger partial charge in [-0.1, -0.05) is 29.8 Å². The summed E-state index contributed by atoms with van der Waals surface area (Å²) in [5.74, 6) is 0.00488. The zero-order chi connectivity index (χ0) is 18.6. The van der Waals surface area contributed by atoms with Gasteiger partial charge in [-0.2, -0.15) is 0 Å². The standard InChI is InChI=1S/C16H13ClN4O3S2/c17-11-6-7-18-14(8-11)20-15(22)9-12-10-25-16(19-12)21-26(23,24)13-4-2-1-3-5-13/h1-8,10H,9H2,(H,19,21)(H,18,20,22). The van der Waals surface area contributed by atoms with Crippen LogP contribution in [0.15, 0.2) is 58.9 Å². The van der Waals surface area contributed by atoms with E-state index in [4.69, 9.17) is 11.6 Å². The number of hydrogen-bond donors (Lipinski definition) is 2. The van der Waals surface area contributed by atoms with Gasteiger partial charge in [-0.05, 0) is 24.3 Å². The fraction of sp³-hybridized carbons (Fsp3) is 0.0625. The number of sulfonamides is 1. The molecular formula is C16H13ClN4O3S2. The summed E-state index contributed by atoms with van der Waals surface area (Å²) in [7, 11) is -3.71. The van der Waals surface area contributed by atoms with Crippen LogP contribution < -0.4 is 10.0 Å². The Hall–Kier alpha value is -2.49. The molecule has 2 heterocycles. The summed E-state index contributed by atoms with van der Waals surface area (Å²) in [4.78, 5) is 20.3. The monoisotopic (exact) mass is 408 g/mol. The van der Waals surface area contributed by atoms with E-state index in [-0.39, 0.29) is 22.4 Å². The van der Waals surface area contributed by atoms with Gasteiger partial charge in [0.25, 0.3) is 10.0 Å². The molecule has 0 saturated heterocycles. The molecule has 0 saturated carbocycles. The van der Waals surface area contributed by atoms with Gasteiger partial charge in [0.2, 0.25) is 5.91 Å². The molecule has 0 radical (unpaired) electrons. The molecule has 26 heavy (non-hydrogen) atoms. The number of thiazole rings is 1. The number of aromatic nitrogens is 2. The summed E-state index contributed by atoms with van der Waals surface area (Å²) in [6.07, 6.45) is 1.47. The first kappa shape index (κ1) is 18.3. The fourth-order valence-electron chi connectivity index (χ4n) is 2.03. The molecule has 2 N–H and O–H groups in total. The third kappa shape index (κ3) is 4.78. The highest BCUT2D eigenvalue weighted by Crippen LogP contribution is 2.20. The van der Waals surface area contributed by atoms with Crippen molar-refractivity contribution in [2.45, 2.75) is 11.3 Å². The lowest BCUT2D eigenvalue weighted by Crippen LogP contribution is -2.16. The van der Waals surface area contributed by atoms with E-state index >= 15 is 0 Å². The maximum absolute atomic E-state index is 12.3. The van der Waals surface area contributed by atoms with Crippen LogP contribution >= 0.6 is 22.9 Å². The van der Waals surface area contributed by atoms with Gasteiger partial charge in [-0.15, -0.1) is 11.3 Å². The lowest BCUT2D eigenvalue weighted by Gasteiger charge is -2.04. The number of rotatable bonds is 6. The minimum atomic E-state index is -3.71. The molecule has 0 spiro atoms. The summed E-state index contributed by atoms with van der Waals surface area (Å²) in [6, 6.07) is 11.1. The topological polar surface area (TPSA) is 101 Å². The Morgan fingerprint density at radius 2 is 1.96 bits per heavy atom. The molecule has 7 nitrogen and oxygen atoms in total. The van der Waals surface area contributed by atoms with Crippen molar-refractivity contribution < 1.29 is 13.2 Å². The van der Waals surface area contributed by atoms with Gasteiger partial charge in [0.15, 0.2) is 5.13 Å². The number of nitrogens with one attached hydrogen (secondary N) is 2. The van der Waals surface area contributed by atoms with Gasteiger partial charge in [0.05, 0.1) is 17.0 Å². The maximum atomic E-state index is 12.3. The van der Waals surface area contributed by atoms with Crippen LogP contribution in [0.5, 0.6) is 0 Å². The summed E-state index contributed by atoms with van der Waals surface area (Å²) >= 11 is 6.94. The Bertz CT molecular complexity index is 1020. The molecule has 0 aliphatic carbocycles. The molecule has 10 heteroatoms. The van der Waals surface area contributed by atoms with Crippen LogP contribution in [-0.4, -0.2) is 24.3 Å². The third-order valence-electron chi connectivity index (χ3n) is 3.16. The van der Waals surface area contributed by atoms with Crippen LogP contribution in [0.25, 0.3) is 0 Å². The Kier molecular flexibility index (Phi) is 5.50. The molecule has 1 aromatic carbocycles. The number of pyridine rings is 1. The zero-order valence-electron chi connectivity index (χ0n) is 13.2. The van der Waals surface area contributed by atoms with Gasteiger partial charge < -0.3 is 5.32 Å². The number of nitrogens with zero attached hydrogens (tertiary/aromatic N) is 2. The van der Waals surface area contributed by atoms with Crippen molar-refractivity contribution in [1.29, 1.82) is 0 Å². The van der Waals surface area contributed by atoms with E-state index in [0.717, 1.165) is 11.3 Å². The van der Waals surface area contributed by atoms with Gasteiger partial charge in [0, 0.05) is 16.6 Å². The summed E-state index contributed by atoms with van der Waals surface area (Å²) in [6.45, 7) is 0. The van der Waals surface area contributed by atoms with E-state index in [2.05, 4.69) is 20.0 Å². The number of benzene rings is 1. The predicted octanol–water partition coefficient (Wildman–Crippen LogP) is 3.17. The molecular weight excluding hydrogens is 396 g/mol. The van der Waals surface area contributed by atoms with E-state index < -0.39 is 10.0 Å². The molecule has 0 fully saturated rings. The molecule has 134 valence electrons. The number of anilines is 2. The van der Waals surface area contributed by atoms with Crippen molar-refractivity contribution in [3.05, 3.63) is 64.8 Å². The van der Waals surface area contributed by atoms with Crippen molar-refractivity contribution in [1.82, 2.24) is 9.97 Å². The van der Waals surface area contributed by atoms with E-state index in [1.54, 1.807) is 29.6 Å². The molecule has 0 aliphatic rings. The Labute approximate surface area is 159 Å². The molecule has 0 aliphatic heterocycles. The van der Waals surface area contributed by atoms with Crippen molar-refractivity contribution >= 4 is 49.8 Å². The second-order valence-electron chi connectivity index (χ2n) is 5.15. The van der Waals surface area contributed by atoms with Gasteiger partial charge in [-0.3, -0.25) is 9.52 Å². The zero-order valence-corrected chi connectivity index (χ0v) is 15.6. The highest BCUT2D eigenvalue weighted by molar-refractivity contribution is 7.93. The Balaban J connectivity index is 1.64. The largest absolute Gasteiger partial charge is 0.310 e. The number of halogens is 1. The minimum absolute atomic E-state index is 0.0161. The van der Waals surface area contributed by atoms with Crippen LogP contribution in [0.3, 0.4) is 0 Å². The van der Waals surface area contributed by atoms with E-state index in [1.807, 2.05) is 0 Å². The second kappa shape index (κ2) is 7.81. The van der Waals surface area contributed by atoms with Crippen LogP contribution in [0, 0.1) is 0 Å². The molecule has 1 amide bonds. The number of carbonyl (C=O) groups is 1. The SMILES string of the molecule is O=C(Cc1csc(NS(=O)(=O)c2ccccc2)n1)Nc1cc(Cl)ccn1. The Morgan fingerprint density at radius 3 is 2.69 bits per heavy atom. The average Bonchev–Trinajstić information content (AvgIpc) is 3.01. The van der Waals surface area contributed by atoms with E-state index in [9.17, 15) is 13.2 Å². The van der Waals surface area contributed by atoms with Crippen LogP contribution in [0.2, 0.25) is 5.02 Å². The molecule has 3 aromatic rings. The van der Waals surface area contributed by atoms with E-state index in [1.165, 1.54) is 24.4 Å². The van der Waals surface area contributed by atoms with Crippen LogP contribution in [0.1, 0.15) is 5.69 Å². The smallest absolute Gasteiger partial charge is 0.263 e. The quantitative estimate of drug-likeness (QED) is 0.652. The van der Waals surface area contributed by atoms with Crippen LogP contribution in [0.4, 0.5) is 10.9 Å². The first-order valence-corrected chi connectivity index (χ1v) is 10.1. The Morgan fingerprint density at radius 1 is 1.19 bits per heavy atom. The summed E-state index contributed by atoms with van der Waals surface area (Å²) in [5, 5.41) is 4.88. The number of amides is 1. The molecule has 0 unspecified atom stereocenters. The van der Waals surface area contributed by atoms with Crippen LogP contribution in [-0.2, 0) is 21.2 Å². The third-order valence-corrected chi connectivity index (χ3v) is 5.68. The molecule has 3 rings (SSSR count). The van der Waals surface area contributed by atoms with Gasteiger partial charge >= 0.3 is 0 Å². The van der Waals surface area contributed by atoms with Crippen molar-refractivity contribution in [3.63, 3.8) is 0 Å². The molecule has 0 atom stereocenters. The first-order valence-electron chi connectivity index (χ1n) is 7.36. The first-order chi connectivity index (χ1) is 12.4. The lowest BCUT2D eigenvalue weighted by atomic mass is 10.3. The van der Waals surface area contributed by atoms with Crippen molar-refractivity contribution in [3.8, 4) is 0 Å². The van der Waals surface area contributed by atoms with E-state index in [0.29, 0.717) is 16.5 Å². The molecule has 2 aromatic heterocycles. The number of hydrogen-bond acceptors (Lipinski definition) is 6. The summed E-state index contributed by atoms with van der Waals surface area (Å²) in [5.41, 5.74) is 0.445.